The zero-order valence-corrected chi connectivity index (χ0v) is 19.8. The van der Waals surface area contributed by atoms with Crippen LogP contribution >= 0.6 is 34.8 Å². The molecule has 2 unspecified atom stereocenters. The zero-order valence-electron chi connectivity index (χ0n) is 17.6. The van der Waals surface area contributed by atoms with Gasteiger partial charge in [-0.2, -0.15) is 0 Å². The fourth-order valence-corrected chi connectivity index (χ4v) is 5.99. The molecule has 1 aliphatic carbocycles. The minimum absolute atomic E-state index is 0.272. The molecular formula is C25H21Cl3N4O. The van der Waals surface area contributed by atoms with E-state index >= 15 is 0 Å². The van der Waals surface area contributed by atoms with Gasteiger partial charge in [-0.25, -0.2) is 4.79 Å². The Balaban J connectivity index is 1.57. The zero-order chi connectivity index (χ0) is 22.9. The van der Waals surface area contributed by atoms with E-state index in [1.54, 1.807) is 23.1 Å². The number of carbonyl (C=O) groups is 1. The van der Waals surface area contributed by atoms with E-state index in [1.807, 2.05) is 24.3 Å². The largest absolute Gasteiger partial charge is 0.371 e. The molecule has 33 heavy (non-hydrogen) atoms. The molecule has 2 fully saturated rings. The average molecular weight is 500 g/mol. The Bertz CT molecular complexity index is 1260. The molecule has 3 aliphatic rings. The average Bonchev–Trinajstić information content (AvgIpc) is 3.19. The maximum absolute atomic E-state index is 13.2. The number of urea groups is 1. The summed E-state index contributed by atoms with van der Waals surface area (Å²) in [6.07, 6.45) is 0. The highest BCUT2D eigenvalue weighted by atomic mass is 35.5. The summed E-state index contributed by atoms with van der Waals surface area (Å²) in [4.78, 5) is 17.1. The van der Waals surface area contributed by atoms with Gasteiger partial charge in [0.1, 0.15) is 0 Å². The van der Waals surface area contributed by atoms with Crippen LogP contribution in [-0.4, -0.2) is 25.2 Å². The summed E-state index contributed by atoms with van der Waals surface area (Å²) in [5, 5.41) is 4.44. The lowest BCUT2D eigenvalue weighted by Crippen LogP contribution is -2.42. The van der Waals surface area contributed by atoms with Gasteiger partial charge >= 0.3 is 6.03 Å². The first-order valence-electron chi connectivity index (χ1n) is 10.9. The second kappa shape index (κ2) is 7.81. The third-order valence-electron chi connectivity index (χ3n) is 7.02. The standard InChI is InChI=1S/C25H21Cl3N4O/c26-19-5-2-1-4-14(19)15-8-13(31-11-17-18(12-31)23(17)29)9-22-16(15)10-30-25(33)32(22)24-20(27)6-3-7-21(24)28/h1-9,17-18,23H,10-12,29H2,(H,30,33)/t17-,18?,23?/m1/s1. The van der Waals surface area contributed by atoms with Gasteiger partial charge in [-0.15, -0.1) is 0 Å². The molecule has 0 spiro atoms. The van der Waals surface area contributed by atoms with Gasteiger partial charge in [0.25, 0.3) is 0 Å². The molecule has 3 aromatic carbocycles. The number of anilines is 3. The van der Waals surface area contributed by atoms with E-state index in [9.17, 15) is 4.79 Å². The SMILES string of the molecule is NC1C2CN(c3cc(-c4ccccc4Cl)c4c(c3)N(c3c(Cl)cccc3Cl)C(=O)NC4)C[C@@H]12. The maximum atomic E-state index is 13.2. The number of nitrogens with one attached hydrogen (secondary N) is 1. The van der Waals surface area contributed by atoms with Crippen molar-refractivity contribution in [1.29, 1.82) is 0 Å². The summed E-state index contributed by atoms with van der Waals surface area (Å²) in [7, 11) is 0. The van der Waals surface area contributed by atoms with Crippen LogP contribution in [0.2, 0.25) is 15.1 Å². The Morgan fingerprint density at radius 3 is 2.24 bits per heavy atom. The molecule has 2 heterocycles. The Morgan fingerprint density at radius 2 is 1.55 bits per heavy atom. The predicted octanol–water partition coefficient (Wildman–Crippen LogP) is 6.07. The monoisotopic (exact) mass is 498 g/mol. The van der Waals surface area contributed by atoms with Crippen molar-refractivity contribution >= 4 is 57.9 Å². The van der Waals surface area contributed by atoms with Crippen LogP contribution in [0.15, 0.2) is 54.6 Å². The summed E-state index contributed by atoms with van der Waals surface area (Å²) < 4.78 is 0. The third-order valence-corrected chi connectivity index (χ3v) is 7.96. The number of fused-ring (bicyclic) bond motifs is 2. The smallest absolute Gasteiger partial charge is 0.326 e. The van der Waals surface area contributed by atoms with Crippen molar-refractivity contribution < 1.29 is 4.79 Å². The van der Waals surface area contributed by atoms with Crippen molar-refractivity contribution in [2.45, 2.75) is 12.6 Å². The molecule has 1 saturated heterocycles. The lowest BCUT2D eigenvalue weighted by molar-refractivity contribution is 0.247. The van der Waals surface area contributed by atoms with E-state index in [0.717, 1.165) is 41.2 Å². The number of piperidine rings is 1. The normalized spacial score (nSPS) is 23.3. The first-order valence-corrected chi connectivity index (χ1v) is 12.0. The van der Waals surface area contributed by atoms with Crippen LogP contribution in [0.5, 0.6) is 0 Å². The number of nitrogens with zero attached hydrogens (tertiary/aromatic N) is 2. The molecule has 0 radical (unpaired) electrons. The van der Waals surface area contributed by atoms with Gasteiger partial charge < -0.3 is 16.0 Å². The number of amides is 2. The second-order valence-corrected chi connectivity index (χ2v) is 10.1. The van der Waals surface area contributed by atoms with Gasteiger partial charge in [-0.05, 0) is 47.7 Å². The first kappa shape index (κ1) is 21.1. The highest BCUT2D eigenvalue weighted by Gasteiger charge is 2.53. The number of nitrogens with two attached hydrogens (primary N) is 1. The highest BCUT2D eigenvalue weighted by molar-refractivity contribution is 6.40. The Labute approximate surface area is 207 Å². The van der Waals surface area contributed by atoms with E-state index in [0.29, 0.717) is 45.2 Å². The second-order valence-electron chi connectivity index (χ2n) is 8.85. The molecule has 3 atom stereocenters. The van der Waals surface area contributed by atoms with E-state index < -0.39 is 0 Å². The van der Waals surface area contributed by atoms with Crippen molar-refractivity contribution in [3.05, 3.63) is 75.2 Å². The van der Waals surface area contributed by atoms with E-state index in [4.69, 9.17) is 40.5 Å². The van der Waals surface area contributed by atoms with Crippen molar-refractivity contribution in [3.8, 4) is 11.1 Å². The van der Waals surface area contributed by atoms with Crippen LogP contribution in [0.1, 0.15) is 5.56 Å². The summed E-state index contributed by atoms with van der Waals surface area (Å²) >= 11 is 19.7. The molecule has 8 heteroatoms. The Morgan fingerprint density at radius 1 is 0.879 bits per heavy atom. The first-order chi connectivity index (χ1) is 15.9. The van der Waals surface area contributed by atoms with Gasteiger partial charge in [0.05, 0.1) is 21.4 Å². The number of rotatable bonds is 3. The molecular weight excluding hydrogens is 479 g/mol. The predicted molar refractivity (Wildman–Crippen MR) is 135 cm³/mol. The number of hydrogen-bond donors (Lipinski definition) is 2. The van der Waals surface area contributed by atoms with Crippen molar-refractivity contribution in [2.24, 2.45) is 17.6 Å². The summed E-state index contributed by atoms with van der Waals surface area (Å²) in [6.45, 7) is 2.20. The number of para-hydroxylation sites is 1. The van der Waals surface area contributed by atoms with Crippen LogP contribution < -0.4 is 20.9 Å². The van der Waals surface area contributed by atoms with Crippen LogP contribution in [0.4, 0.5) is 21.9 Å². The topological polar surface area (TPSA) is 61.6 Å². The van der Waals surface area contributed by atoms with E-state index in [1.165, 1.54) is 0 Å². The highest BCUT2D eigenvalue weighted by Crippen LogP contribution is 2.49. The molecule has 1 saturated carbocycles. The molecule has 3 aromatic rings. The van der Waals surface area contributed by atoms with Crippen LogP contribution in [0.3, 0.4) is 0 Å². The van der Waals surface area contributed by atoms with Gasteiger partial charge in [0.15, 0.2) is 0 Å². The van der Waals surface area contributed by atoms with Gasteiger partial charge in [-0.1, -0.05) is 59.1 Å². The molecule has 0 aromatic heterocycles. The van der Waals surface area contributed by atoms with Gasteiger partial charge in [0.2, 0.25) is 0 Å². The molecule has 0 bridgehead atoms. The minimum Gasteiger partial charge on any atom is -0.371 e. The summed E-state index contributed by atoms with van der Waals surface area (Å²) in [5.74, 6) is 1.06. The molecule has 168 valence electrons. The van der Waals surface area contributed by atoms with Gasteiger partial charge in [0, 0.05) is 47.5 Å². The lowest BCUT2D eigenvalue weighted by atomic mass is 9.94. The van der Waals surface area contributed by atoms with E-state index in [2.05, 4.69) is 22.3 Å². The van der Waals surface area contributed by atoms with Gasteiger partial charge in [-0.3, -0.25) is 4.90 Å². The summed E-state index contributed by atoms with van der Waals surface area (Å²) in [5.41, 5.74) is 11.3. The summed E-state index contributed by atoms with van der Waals surface area (Å²) in [6, 6.07) is 17.2. The minimum atomic E-state index is -0.272. The number of carbonyl (C=O) groups excluding carboxylic acids is 1. The number of hydrogen-bond acceptors (Lipinski definition) is 3. The lowest BCUT2D eigenvalue weighted by Gasteiger charge is -2.34. The van der Waals surface area contributed by atoms with Crippen LogP contribution in [0.25, 0.3) is 11.1 Å². The maximum Gasteiger partial charge on any atom is 0.326 e. The van der Waals surface area contributed by atoms with Crippen molar-refractivity contribution in [1.82, 2.24) is 5.32 Å². The van der Waals surface area contributed by atoms with E-state index in [-0.39, 0.29) is 6.03 Å². The van der Waals surface area contributed by atoms with Crippen LogP contribution in [0, 0.1) is 11.8 Å². The molecule has 2 aliphatic heterocycles. The fourth-order valence-electron chi connectivity index (χ4n) is 5.19. The molecule has 6 rings (SSSR count). The fraction of sp³-hybridized carbons (Fsp3) is 0.240. The Hall–Kier alpha value is -2.44. The number of benzene rings is 3. The van der Waals surface area contributed by atoms with Crippen molar-refractivity contribution in [2.75, 3.05) is 22.9 Å². The third kappa shape index (κ3) is 3.38. The quantitative estimate of drug-likeness (QED) is 0.460. The Kier molecular flexibility index (Phi) is 5.00. The molecule has 2 amide bonds. The molecule has 5 nitrogen and oxygen atoms in total. The number of halogens is 3. The van der Waals surface area contributed by atoms with Crippen LogP contribution in [-0.2, 0) is 6.54 Å². The molecule has 3 N–H and O–H groups in total. The van der Waals surface area contributed by atoms with Crippen molar-refractivity contribution in [3.63, 3.8) is 0 Å².